The van der Waals surface area contributed by atoms with E-state index in [0.717, 1.165) is 11.3 Å². The maximum atomic E-state index is 12.2. The Balaban J connectivity index is 1.54. The summed E-state index contributed by atoms with van der Waals surface area (Å²) in [6.45, 7) is 4.26. The molecule has 0 spiro atoms. The number of amides is 3. The van der Waals surface area contributed by atoms with Gasteiger partial charge in [0.05, 0.1) is 0 Å². The highest BCUT2D eigenvalue weighted by Gasteiger charge is 2.14. The average molecular weight is 407 g/mol. The summed E-state index contributed by atoms with van der Waals surface area (Å²) < 4.78 is 5.32. The lowest BCUT2D eigenvalue weighted by Gasteiger charge is -2.16. The van der Waals surface area contributed by atoms with Crippen molar-refractivity contribution in [3.63, 3.8) is 0 Å². The highest BCUT2D eigenvalue weighted by molar-refractivity contribution is 5.94. The van der Waals surface area contributed by atoms with Crippen molar-refractivity contribution in [1.29, 1.82) is 0 Å². The Bertz CT molecular complexity index is 984. The normalized spacial score (nSPS) is 10.7. The fraction of sp³-hybridized carbons (Fsp3) is 0.273. The van der Waals surface area contributed by atoms with Crippen molar-refractivity contribution < 1.29 is 14.1 Å². The van der Waals surface area contributed by atoms with E-state index in [1.165, 1.54) is 0 Å². The summed E-state index contributed by atoms with van der Waals surface area (Å²) >= 11 is 0. The van der Waals surface area contributed by atoms with Crippen LogP contribution in [0.15, 0.2) is 59.1 Å². The second kappa shape index (κ2) is 9.69. The van der Waals surface area contributed by atoms with Crippen LogP contribution in [0.2, 0.25) is 0 Å². The minimum absolute atomic E-state index is 0.0728. The van der Waals surface area contributed by atoms with E-state index in [2.05, 4.69) is 20.8 Å². The van der Waals surface area contributed by atoms with E-state index in [4.69, 9.17) is 4.52 Å². The predicted octanol–water partition coefficient (Wildman–Crippen LogP) is 3.58. The van der Waals surface area contributed by atoms with Crippen LogP contribution in [0.4, 0.5) is 10.5 Å². The molecule has 1 heterocycles. The minimum atomic E-state index is -0.208. The molecule has 30 heavy (non-hydrogen) atoms. The topological polar surface area (TPSA) is 100 Å². The van der Waals surface area contributed by atoms with Crippen LogP contribution in [-0.4, -0.2) is 46.6 Å². The fourth-order valence-corrected chi connectivity index (χ4v) is 2.69. The number of para-hydroxylation sites is 1. The maximum absolute atomic E-state index is 12.2. The Morgan fingerprint density at radius 3 is 2.43 bits per heavy atom. The van der Waals surface area contributed by atoms with Crippen molar-refractivity contribution in [1.82, 2.24) is 20.4 Å². The third kappa shape index (κ3) is 5.66. The Morgan fingerprint density at radius 1 is 1.07 bits per heavy atom. The van der Waals surface area contributed by atoms with Crippen LogP contribution < -0.4 is 10.6 Å². The molecule has 8 heteroatoms. The molecular weight excluding hydrogens is 382 g/mol. The summed E-state index contributed by atoms with van der Waals surface area (Å²) in [5.41, 5.74) is 2.03. The average Bonchev–Trinajstić information content (AvgIpc) is 3.21. The molecule has 0 saturated heterocycles. The lowest BCUT2D eigenvalue weighted by molar-refractivity contribution is 0.0943. The van der Waals surface area contributed by atoms with Gasteiger partial charge in [0.1, 0.15) is 0 Å². The fourth-order valence-electron chi connectivity index (χ4n) is 2.69. The number of nitrogens with one attached hydrogen (secondary N) is 2. The van der Waals surface area contributed by atoms with Gasteiger partial charge in [-0.3, -0.25) is 4.79 Å². The number of likely N-dealkylation sites (N-methyl/N-ethyl adjacent to an activating group) is 1. The number of benzene rings is 2. The summed E-state index contributed by atoms with van der Waals surface area (Å²) in [7, 11) is 1.71. The first-order valence-corrected chi connectivity index (χ1v) is 9.73. The number of hydrogen-bond donors (Lipinski definition) is 2. The highest BCUT2D eigenvalue weighted by atomic mass is 16.5. The van der Waals surface area contributed by atoms with E-state index in [9.17, 15) is 9.59 Å². The first kappa shape index (κ1) is 21.0. The molecule has 0 aliphatic carbocycles. The maximum Gasteiger partial charge on any atom is 0.321 e. The first-order chi connectivity index (χ1) is 14.4. The Labute approximate surface area is 175 Å². The van der Waals surface area contributed by atoms with E-state index in [-0.39, 0.29) is 18.0 Å². The number of rotatable bonds is 7. The number of hydrogen-bond acceptors (Lipinski definition) is 5. The Morgan fingerprint density at radius 2 is 1.77 bits per heavy atom. The third-order valence-corrected chi connectivity index (χ3v) is 4.32. The molecular formula is C22H25N5O3. The van der Waals surface area contributed by atoms with Crippen molar-refractivity contribution in [2.24, 2.45) is 0 Å². The van der Waals surface area contributed by atoms with Crippen LogP contribution in [-0.2, 0) is 6.42 Å². The summed E-state index contributed by atoms with van der Waals surface area (Å²) in [4.78, 5) is 30.2. The second-order valence-corrected chi connectivity index (χ2v) is 7.19. The van der Waals surface area contributed by atoms with Crippen LogP contribution in [0.1, 0.15) is 30.0 Å². The van der Waals surface area contributed by atoms with Gasteiger partial charge in [-0.25, -0.2) is 4.79 Å². The van der Waals surface area contributed by atoms with Gasteiger partial charge in [0, 0.05) is 42.9 Å². The quantitative estimate of drug-likeness (QED) is 0.623. The lowest BCUT2D eigenvalue weighted by atomic mass is 10.1. The van der Waals surface area contributed by atoms with Crippen molar-refractivity contribution >= 4 is 17.6 Å². The van der Waals surface area contributed by atoms with E-state index in [1.54, 1.807) is 36.2 Å². The molecule has 8 nitrogen and oxygen atoms in total. The molecule has 0 fully saturated rings. The summed E-state index contributed by atoms with van der Waals surface area (Å²) in [6, 6.07) is 16.1. The van der Waals surface area contributed by atoms with Crippen LogP contribution in [0.3, 0.4) is 0 Å². The van der Waals surface area contributed by atoms with Gasteiger partial charge in [-0.1, -0.05) is 23.4 Å². The first-order valence-electron chi connectivity index (χ1n) is 9.73. The zero-order chi connectivity index (χ0) is 21.5. The molecule has 3 aromatic rings. The largest absolute Gasteiger partial charge is 0.350 e. The van der Waals surface area contributed by atoms with Gasteiger partial charge in [-0.15, -0.1) is 0 Å². The molecule has 156 valence electrons. The smallest absolute Gasteiger partial charge is 0.321 e. The number of urea groups is 1. The molecule has 0 aliphatic heterocycles. The summed E-state index contributed by atoms with van der Waals surface area (Å²) in [5, 5.41) is 9.65. The van der Waals surface area contributed by atoms with E-state index < -0.39 is 0 Å². The third-order valence-electron chi connectivity index (χ3n) is 4.32. The molecule has 0 bridgehead atoms. The SMILES string of the molecule is CC(C)NC(=O)c1ccc(-c2nc(CCN(C)C(=O)Nc3ccccc3)no2)cc1. The lowest BCUT2D eigenvalue weighted by Crippen LogP contribution is -2.33. The monoisotopic (exact) mass is 407 g/mol. The van der Waals surface area contributed by atoms with E-state index in [1.807, 2.05) is 44.2 Å². The van der Waals surface area contributed by atoms with Crippen molar-refractivity contribution in [3.05, 3.63) is 66.0 Å². The van der Waals surface area contributed by atoms with Gasteiger partial charge >= 0.3 is 6.03 Å². The molecule has 3 amide bonds. The molecule has 0 aliphatic rings. The van der Waals surface area contributed by atoms with Crippen LogP contribution in [0.5, 0.6) is 0 Å². The minimum Gasteiger partial charge on any atom is -0.350 e. The second-order valence-electron chi connectivity index (χ2n) is 7.19. The van der Waals surface area contributed by atoms with Crippen LogP contribution >= 0.6 is 0 Å². The van der Waals surface area contributed by atoms with Gasteiger partial charge < -0.3 is 20.1 Å². The molecule has 2 N–H and O–H groups in total. The molecule has 2 aromatic carbocycles. The van der Waals surface area contributed by atoms with Gasteiger partial charge in [0.2, 0.25) is 0 Å². The number of nitrogens with zero attached hydrogens (tertiary/aromatic N) is 3. The number of carbonyl (C=O) groups excluding carboxylic acids is 2. The standard InChI is InChI=1S/C22H25N5O3/c1-15(2)23-20(28)16-9-11-17(12-10-16)21-25-19(26-30-21)13-14-27(3)22(29)24-18-7-5-4-6-8-18/h4-12,15H,13-14H2,1-3H3,(H,23,28)(H,24,29). The number of aromatic nitrogens is 2. The summed E-state index contributed by atoms with van der Waals surface area (Å²) in [6.07, 6.45) is 0.455. The molecule has 0 unspecified atom stereocenters. The van der Waals surface area contributed by atoms with E-state index in [0.29, 0.717) is 30.2 Å². The van der Waals surface area contributed by atoms with Gasteiger partial charge in [0.25, 0.3) is 11.8 Å². The molecule has 0 radical (unpaired) electrons. The molecule has 1 aromatic heterocycles. The van der Waals surface area contributed by atoms with Gasteiger partial charge in [0.15, 0.2) is 5.82 Å². The predicted molar refractivity (Wildman–Crippen MR) is 114 cm³/mol. The van der Waals surface area contributed by atoms with Crippen molar-refractivity contribution in [3.8, 4) is 11.5 Å². The molecule has 0 atom stereocenters. The zero-order valence-corrected chi connectivity index (χ0v) is 17.3. The zero-order valence-electron chi connectivity index (χ0n) is 17.3. The molecule has 0 saturated carbocycles. The Hall–Kier alpha value is -3.68. The Kier molecular flexibility index (Phi) is 6.79. The van der Waals surface area contributed by atoms with Crippen molar-refractivity contribution in [2.75, 3.05) is 18.9 Å². The summed E-state index contributed by atoms with van der Waals surface area (Å²) in [5.74, 6) is 0.753. The number of carbonyl (C=O) groups is 2. The number of anilines is 1. The van der Waals surface area contributed by atoms with Gasteiger partial charge in [-0.2, -0.15) is 4.98 Å². The van der Waals surface area contributed by atoms with Crippen LogP contribution in [0, 0.1) is 0 Å². The highest BCUT2D eigenvalue weighted by Crippen LogP contribution is 2.18. The van der Waals surface area contributed by atoms with Crippen molar-refractivity contribution in [2.45, 2.75) is 26.3 Å². The van der Waals surface area contributed by atoms with Crippen LogP contribution in [0.25, 0.3) is 11.5 Å². The molecule has 3 rings (SSSR count). The van der Waals surface area contributed by atoms with Gasteiger partial charge in [-0.05, 0) is 50.2 Å². The van der Waals surface area contributed by atoms with E-state index >= 15 is 0 Å².